The fourth-order valence-corrected chi connectivity index (χ4v) is 4.47. The summed E-state index contributed by atoms with van der Waals surface area (Å²) in [7, 11) is -3.73. The van der Waals surface area contributed by atoms with Crippen molar-refractivity contribution in [1.29, 1.82) is 0 Å². The van der Waals surface area contributed by atoms with Crippen molar-refractivity contribution < 1.29 is 26.3 Å². The van der Waals surface area contributed by atoms with E-state index in [0.717, 1.165) is 12.1 Å². The molecule has 5 nitrogen and oxygen atoms in total. The number of sulfonamides is 1. The van der Waals surface area contributed by atoms with Gasteiger partial charge in [-0.05, 0) is 29.8 Å². The Morgan fingerprint density at radius 3 is 2.48 bits per heavy atom. The molecule has 2 aliphatic heterocycles. The second kappa shape index (κ2) is 6.35. The standard InChI is InChI=1S/C18H15F3N2O3S/c19-18(20,21)13-7-5-12(6-8-13)15-11-23(9-10-26-15)17-14-3-1-2-4-16(14)27(24,25)22-17/h1-8,15H,9-11H2. The van der Waals surface area contributed by atoms with Gasteiger partial charge in [-0.1, -0.05) is 24.3 Å². The zero-order valence-electron chi connectivity index (χ0n) is 14.0. The summed E-state index contributed by atoms with van der Waals surface area (Å²) in [4.78, 5) is 1.97. The highest BCUT2D eigenvalue weighted by atomic mass is 32.2. The van der Waals surface area contributed by atoms with Crippen molar-refractivity contribution in [3.63, 3.8) is 0 Å². The maximum atomic E-state index is 12.7. The van der Waals surface area contributed by atoms with E-state index in [4.69, 9.17) is 4.74 Å². The Kier molecular flexibility index (Phi) is 4.23. The van der Waals surface area contributed by atoms with Gasteiger partial charge in [0.05, 0.1) is 12.2 Å². The second-order valence-electron chi connectivity index (χ2n) is 6.31. The van der Waals surface area contributed by atoms with Crippen LogP contribution in [0, 0.1) is 0 Å². The first-order valence-corrected chi connectivity index (χ1v) is 9.68. The Hall–Kier alpha value is -2.39. The van der Waals surface area contributed by atoms with Crippen molar-refractivity contribution in [2.45, 2.75) is 17.2 Å². The molecule has 2 aromatic carbocycles. The summed E-state index contributed by atoms with van der Waals surface area (Å²) in [6, 6.07) is 11.4. The largest absolute Gasteiger partial charge is 0.416 e. The molecule has 0 saturated carbocycles. The summed E-state index contributed by atoms with van der Waals surface area (Å²) in [6.07, 6.45) is -4.87. The van der Waals surface area contributed by atoms with Crippen LogP contribution in [0.4, 0.5) is 13.2 Å². The number of nitrogens with zero attached hydrogens (tertiary/aromatic N) is 2. The summed E-state index contributed by atoms with van der Waals surface area (Å²) < 4.78 is 72.3. The average molecular weight is 396 g/mol. The molecule has 0 aliphatic carbocycles. The van der Waals surface area contributed by atoms with Gasteiger partial charge in [0.2, 0.25) is 0 Å². The maximum absolute atomic E-state index is 12.7. The first-order valence-electron chi connectivity index (χ1n) is 8.24. The van der Waals surface area contributed by atoms with Gasteiger partial charge in [-0.25, -0.2) is 0 Å². The third kappa shape index (κ3) is 3.32. The number of rotatable bonds is 1. The van der Waals surface area contributed by atoms with Crippen LogP contribution in [0.1, 0.15) is 22.8 Å². The molecule has 1 unspecified atom stereocenters. The van der Waals surface area contributed by atoms with Gasteiger partial charge in [-0.15, -0.1) is 4.40 Å². The molecule has 1 atom stereocenters. The minimum absolute atomic E-state index is 0.164. The monoisotopic (exact) mass is 396 g/mol. The van der Waals surface area contributed by atoms with Gasteiger partial charge in [0.1, 0.15) is 11.0 Å². The lowest BCUT2D eigenvalue weighted by Gasteiger charge is -2.34. The van der Waals surface area contributed by atoms with Gasteiger partial charge in [-0.3, -0.25) is 0 Å². The van der Waals surface area contributed by atoms with Crippen LogP contribution in [0.25, 0.3) is 0 Å². The van der Waals surface area contributed by atoms with Gasteiger partial charge in [-0.2, -0.15) is 21.6 Å². The molecule has 1 saturated heterocycles. The van der Waals surface area contributed by atoms with Crippen LogP contribution in [-0.2, 0) is 20.9 Å². The highest BCUT2D eigenvalue weighted by Gasteiger charge is 2.35. The second-order valence-corrected chi connectivity index (χ2v) is 7.88. The fourth-order valence-electron chi connectivity index (χ4n) is 3.25. The Labute approximate surface area is 154 Å². The predicted molar refractivity (Wildman–Crippen MR) is 91.9 cm³/mol. The predicted octanol–water partition coefficient (Wildman–Crippen LogP) is 3.23. The van der Waals surface area contributed by atoms with E-state index in [2.05, 4.69) is 4.40 Å². The highest BCUT2D eigenvalue weighted by Crippen LogP contribution is 2.33. The Morgan fingerprint density at radius 2 is 1.78 bits per heavy atom. The molecule has 142 valence electrons. The number of morpholine rings is 1. The number of hydrogen-bond donors (Lipinski definition) is 0. The number of alkyl halides is 3. The molecule has 1 fully saturated rings. The van der Waals surface area contributed by atoms with Gasteiger partial charge in [0.15, 0.2) is 5.84 Å². The van der Waals surface area contributed by atoms with Gasteiger partial charge in [0.25, 0.3) is 10.0 Å². The quantitative estimate of drug-likeness (QED) is 0.743. The molecule has 9 heteroatoms. The van der Waals surface area contributed by atoms with E-state index in [1.807, 2.05) is 0 Å². The molecule has 0 aromatic heterocycles. The first-order chi connectivity index (χ1) is 12.8. The molecule has 27 heavy (non-hydrogen) atoms. The molecule has 0 spiro atoms. The number of ether oxygens (including phenoxy) is 1. The number of benzene rings is 2. The molecule has 0 bridgehead atoms. The van der Waals surface area contributed by atoms with E-state index in [0.29, 0.717) is 36.7 Å². The zero-order chi connectivity index (χ0) is 19.2. The van der Waals surface area contributed by atoms with E-state index in [-0.39, 0.29) is 4.90 Å². The molecule has 2 aromatic rings. The van der Waals surface area contributed by atoms with Gasteiger partial charge >= 0.3 is 6.18 Å². The van der Waals surface area contributed by atoms with Crippen LogP contribution in [0.15, 0.2) is 57.8 Å². The van der Waals surface area contributed by atoms with Gasteiger partial charge < -0.3 is 9.64 Å². The first kappa shape index (κ1) is 18.0. The van der Waals surface area contributed by atoms with E-state index >= 15 is 0 Å². The SMILES string of the molecule is O=S1(=O)N=C(N2CCOC(c3ccc(C(F)(F)F)cc3)C2)c2ccccc21. The van der Waals surface area contributed by atoms with E-state index in [1.54, 1.807) is 23.1 Å². The lowest BCUT2D eigenvalue weighted by Crippen LogP contribution is -2.42. The van der Waals surface area contributed by atoms with Crippen molar-refractivity contribution in [2.75, 3.05) is 19.7 Å². The molecule has 0 N–H and O–H groups in total. The van der Waals surface area contributed by atoms with E-state index < -0.39 is 27.9 Å². The van der Waals surface area contributed by atoms with Crippen LogP contribution in [0.3, 0.4) is 0 Å². The molecule has 2 aliphatic rings. The summed E-state index contributed by atoms with van der Waals surface area (Å²) in [5.74, 6) is 0.353. The normalized spacial score (nSPS) is 21.7. The summed E-state index contributed by atoms with van der Waals surface area (Å²) >= 11 is 0. The fraction of sp³-hybridized carbons (Fsp3) is 0.278. The number of halogens is 3. The van der Waals surface area contributed by atoms with Crippen LogP contribution < -0.4 is 0 Å². The summed E-state index contributed by atoms with van der Waals surface area (Å²) in [6.45, 7) is 1.06. The molecule has 0 amide bonds. The topological polar surface area (TPSA) is 59.0 Å². The van der Waals surface area contributed by atoms with Crippen molar-refractivity contribution >= 4 is 15.9 Å². The minimum Gasteiger partial charge on any atom is -0.370 e. The Balaban J connectivity index is 1.59. The average Bonchev–Trinajstić information content (AvgIpc) is 2.93. The molecule has 2 heterocycles. The lowest BCUT2D eigenvalue weighted by atomic mass is 10.0. The Morgan fingerprint density at radius 1 is 1.07 bits per heavy atom. The van der Waals surface area contributed by atoms with Crippen molar-refractivity contribution in [3.05, 3.63) is 65.2 Å². The van der Waals surface area contributed by atoms with E-state index in [9.17, 15) is 21.6 Å². The zero-order valence-corrected chi connectivity index (χ0v) is 14.8. The van der Waals surface area contributed by atoms with E-state index in [1.165, 1.54) is 18.2 Å². The lowest BCUT2D eigenvalue weighted by molar-refractivity contribution is -0.137. The van der Waals surface area contributed by atoms with Crippen LogP contribution in [0.2, 0.25) is 0 Å². The minimum atomic E-state index is -4.39. The summed E-state index contributed by atoms with van der Waals surface area (Å²) in [5, 5.41) is 0. The van der Waals surface area contributed by atoms with Gasteiger partial charge in [0, 0.05) is 18.7 Å². The highest BCUT2D eigenvalue weighted by molar-refractivity contribution is 7.90. The number of fused-ring (bicyclic) bond motifs is 1. The third-order valence-corrected chi connectivity index (χ3v) is 5.91. The summed E-state index contributed by atoms with van der Waals surface area (Å²) in [5.41, 5.74) is 0.409. The van der Waals surface area contributed by atoms with Crippen molar-refractivity contribution in [1.82, 2.24) is 4.90 Å². The molecular formula is C18H15F3N2O3S. The third-order valence-electron chi connectivity index (χ3n) is 4.59. The van der Waals surface area contributed by atoms with Crippen LogP contribution in [-0.4, -0.2) is 38.8 Å². The number of amidine groups is 1. The molecular weight excluding hydrogens is 381 g/mol. The van der Waals surface area contributed by atoms with Crippen LogP contribution in [0.5, 0.6) is 0 Å². The molecule has 0 radical (unpaired) electrons. The Bertz CT molecular complexity index is 1000. The van der Waals surface area contributed by atoms with Crippen molar-refractivity contribution in [3.8, 4) is 0 Å². The van der Waals surface area contributed by atoms with Crippen LogP contribution >= 0.6 is 0 Å². The van der Waals surface area contributed by atoms with Crippen molar-refractivity contribution in [2.24, 2.45) is 4.40 Å². The maximum Gasteiger partial charge on any atom is 0.416 e. The smallest absolute Gasteiger partial charge is 0.370 e. The molecule has 4 rings (SSSR count). The number of hydrogen-bond acceptors (Lipinski definition) is 4.